The first-order valence-corrected chi connectivity index (χ1v) is 14.5. The molecule has 0 saturated heterocycles. The number of halogens is 3. The van der Waals surface area contributed by atoms with Crippen molar-refractivity contribution in [2.75, 3.05) is 20.3 Å². The fourth-order valence-corrected chi connectivity index (χ4v) is 5.87. The lowest BCUT2D eigenvalue weighted by Gasteiger charge is -2.28. The molecule has 4 aromatic rings. The molecular formula is C31H34ClF2N3O2S. The molecule has 0 aliphatic rings. The van der Waals surface area contributed by atoms with Crippen molar-refractivity contribution in [2.24, 2.45) is 5.73 Å². The van der Waals surface area contributed by atoms with E-state index in [1.807, 2.05) is 10.8 Å². The second-order valence-electron chi connectivity index (χ2n) is 9.89. The van der Waals surface area contributed by atoms with Gasteiger partial charge in [0.1, 0.15) is 23.1 Å². The highest BCUT2D eigenvalue weighted by Crippen LogP contribution is 2.39. The minimum Gasteiger partial charge on any atom is -0.496 e. The average Bonchev–Trinajstić information content (AvgIpc) is 3.37. The summed E-state index contributed by atoms with van der Waals surface area (Å²) in [6.45, 7) is 7.19. The summed E-state index contributed by atoms with van der Waals surface area (Å²) in [5.41, 5.74) is 9.17. The maximum Gasteiger partial charge on any atom is 0.173 e. The molecule has 212 valence electrons. The molecule has 1 heterocycles. The van der Waals surface area contributed by atoms with Crippen LogP contribution in [0.1, 0.15) is 49.6 Å². The number of hydrogen-bond acceptors (Lipinski definition) is 5. The van der Waals surface area contributed by atoms with Gasteiger partial charge in [-0.25, -0.2) is 13.8 Å². The summed E-state index contributed by atoms with van der Waals surface area (Å²) >= 11 is 7.81. The van der Waals surface area contributed by atoms with Gasteiger partial charge in [0.25, 0.3) is 0 Å². The summed E-state index contributed by atoms with van der Waals surface area (Å²) in [5, 5.41) is 0.907. The Morgan fingerprint density at radius 2 is 1.82 bits per heavy atom. The normalized spacial score (nSPS) is 11.6. The van der Waals surface area contributed by atoms with Gasteiger partial charge in [-0.15, -0.1) is 0 Å². The number of aromatic nitrogens is 2. The highest BCUT2D eigenvalue weighted by Gasteiger charge is 2.30. The SMILES string of the molecule is CCc1ccc(C(C)(C)c2cnc(SCc3c(F)cc(OCCCN)cc3Cl)n2-c2ccc(F)cc2)cc1OC. The summed E-state index contributed by atoms with van der Waals surface area (Å²) in [4.78, 5) is 4.72. The maximum atomic E-state index is 15.1. The van der Waals surface area contributed by atoms with E-state index in [9.17, 15) is 4.39 Å². The van der Waals surface area contributed by atoms with E-state index in [-0.39, 0.29) is 16.6 Å². The zero-order chi connectivity index (χ0) is 28.9. The smallest absolute Gasteiger partial charge is 0.173 e. The van der Waals surface area contributed by atoms with Crippen LogP contribution in [0.2, 0.25) is 5.02 Å². The third-order valence-electron chi connectivity index (χ3n) is 6.92. The molecule has 9 heteroatoms. The van der Waals surface area contributed by atoms with Crippen molar-refractivity contribution in [2.45, 2.75) is 49.9 Å². The molecular weight excluding hydrogens is 552 g/mol. The van der Waals surface area contributed by atoms with Crippen LogP contribution >= 0.6 is 23.4 Å². The van der Waals surface area contributed by atoms with Gasteiger partial charge in [-0.05, 0) is 66.9 Å². The molecule has 40 heavy (non-hydrogen) atoms. The molecule has 0 aliphatic heterocycles. The predicted octanol–water partition coefficient (Wildman–Crippen LogP) is 7.72. The van der Waals surface area contributed by atoms with Crippen LogP contribution in [-0.2, 0) is 17.6 Å². The van der Waals surface area contributed by atoms with E-state index in [0.29, 0.717) is 36.0 Å². The van der Waals surface area contributed by atoms with Gasteiger partial charge in [-0.2, -0.15) is 0 Å². The van der Waals surface area contributed by atoms with Crippen LogP contribution in [0.15, 0.2) is 66.0 Å². The van der Waals surface area contributed by atoms with Crippen LogP contribution in [0.25, 0.3) is 5.69 Å². The number of hydrogen-bond donors (Lipinski definition) is 1. The van der Waals surface area contributed by atoms with Gasteiger partial charge in [0, 0.05) is 28.5 Å². The van der Waals surface area contributed by atoms with E-state index in [2.05, 4.69) is 39.0 Å². The number of ether oxygens (including phenoxy) is 2. The average molecular weight is 586 g/mol. The van der Waals surface area contributed by atoms with Crippen molar-refractivity contribution in [1.29, 1.82) is 0 Å². The van der Waals surface area contributed by atoms with E-state index in [0.717, 1.165) is 34.7 Å². The zero-order valence-electron chi connectivity index (χ0n) is 23.1. The Balaban J connectivity index is 1.71. The Hall–Kier alpha value is -3.07. The number of nitrogens with two attached hydrogens (primary N) is 1. The van der Waals surface area contributed by atoms with E-state index >= 15 is 4.39 Å². The summed E-state index contributed by atoms with van der Waals surface area (Å²) in [6.07, 6.45) is 3.34. The van der Waals surface area contributed by atoms with Gasteiger partial charge in [0.15, 0.2) is 5.16 Å². The molecule has 0 amide bonds. The highest BCUT2D eigenvalue weighted by molar-refractivity contribution is 7.98. The van der Waals surface area contributed by atoms with Crippen LogP contribution in [0.4, 0.5) is 8.78 Å². The lowest BCUT2D eigenvalue weighted by Crippen LogP contribution is -2.23. The first kappa shape index (κ1) is 29.9. The van der Waals surface area contributed by atoms with Crippen molar-refractivity contribution in [3.63, 3.8) is 0 Å². The molecule has 1 aromatic heterocycles. The number of imidazole rings is 1. The van der Waals surface area contributed by atoms with E-state index in [1.54, 1.807) is 25.3 Å². The predicted molar refractivity (Wildman–Crippen MR) is 158 cm³/mol. The monoisotopic (exact) mass is 585 g/mol. The van der Waals surface area contributed by atoms with Crippen LogP contribution in [-0.4, -0.2) is 29.8 Å². The van der Waals surface area contributed by atoms with Gasteiger partial charge in [-0.3, -0.25) is 4.57 Å². The van der Waals surface area contributed by atoms with Gasteiger partial charge in [0.2, 0.25) is 0 Å². The van der Waals surface area contributed by atoms with Crippen LogP contribution < -0.4 is 15.2 Å². The fourth-order valence-electron chi connectivity index (χ4n) is 4.50. The summed E-state index contributed by atoms with van der Waals surface area (Å²) in [5.74, 6) is 0.653. The van der Waals surface area contributed by atoms with Gasteiger partial charge < -0.3 is 15.2 Å². The Labute approximate surface area is 243 Å². The van der Waals surface area contributed by atoms with E-state index in [1.165, 1.54) is 30.0 Å². The minimum absolute atomic E-state index is 0.241. The standard InChI is InChI=1S/C31H34ClF2N3O2S/c1-5-20-7-8-21(15-28(20)38-4)31(2,3)29-18-36-30(37(29)23-11-9-22(33)10-12-23)40-19-25-26(32)16-24(17-27(25)34)39-14-6-13-35/h7-12,15-18H,5-6,13-14,19,35H2,1-4H3. The Morgan fingerprint density at radius 3 is 2.48 bits per heavy atom. The highest BCUT2D eigenvalue weighted by atomic mass is 35.5. The third kappa shape index (κ3) is 6.45. The number of thioether (sulfide) groups is 1. The molecule has 3 aromatic carbocycles. The van der Waals surface area contributed by atoms with Crippen molar-refractivity contribution in [3.05, 3.63) is 99.8 Å². The zero-order valence-corrected chi connectivity index (χ0v) is 24.7. The molecule has 0 fully saturated rings. The largest absolute Gasteiger partial charge is 0.496 e. The summed E-state index contributed by atoms with van der Waals surface area (Å²) in [6, 6.07) is 15.4. The number of aryl methyl sites for hydroxylation is 1. The first-order valence-electron chi connectivity index (χ1n) is 13.1. The molecule has 0 bridgehead atoms. The topological polar surface area (TPSA) is 62.3 Å². The quantitative estimate of drug-likeness (QED) is 0.136. The van der Waals surface area contributed by atoms with Crippen molar-refractivity contribution in [3.8, 4) is 17.2 Å². The van der Waals surface area contributed by atoms with Crippen LogP contribution in [0, 0.1) is 11.6 Å². The van der Waals surface area contributed by atoms with Gasteiger partial charge >= 0.3 is 0 Å². The molecule has 2 N–H and O–H groups in total. The van der Waals surface area contributed by atoms with Crippen molar-refractivity contribution in [1.82, 2.24) is 9.55 Å². The fraction of sp³-hybridized carbons (Fsp3) is 0.323. The molecule has 0 radical (unpaired) electrons. The minimum atomic E-state index is -0.495. The number of rotatable bonds is 12. The lowest BCUT2D eigenvalue weighted by atomic mass is 9.81. The van der Waals surface area contributed by atoms with E-state index < -0.39 is 11.2 Å². The van der Waals surface area contributed by atoms with Crippen molar-refractivity contribution < 1.29 is 18.3 Å². The summed E-state index contributed by atoms with van der Waals surface area (Å²) in [7, 11) is 1.67. The van der Waals surface area contributed by atoms with Crippen LogP contribution in [0.5, 0.6) is 11.5 Å². The number of nitrogens with zero attached hydrogens (tertiary/aromatic N) is 2. The molecule has 0 aliphatic carbocycles. The third-order valence-corrected chi connectivity index (χ3v) is 8.24. The van der Waals surface area contributed by atoms with Gasteiger partial charge in [-0.1, -0.05) is 56.3 Å². The maximum absolute atomic E-state index is 15.1. The summed E-state index contributed by atoms with van der Waals surface area (Å²) < 4.78 is 42.1. The van der Waals surface area contributed by atoms with Gasteiger partial charge in [0.05, 0.1) is 30.6 Å². The molecule has 5 nitrogen and oxygen atoms in total. The Bertz CT molecular complexity index is 1430. The molecule has 0 saturated carbocycles. The molecule has 0 spiro atoms. The van der Waals surface area contributed by atoms with Crippen molar-refractivity contribution >= 4 is 23.4 Å². The molecule has 0 unspecified atom stereocenters. The second-order valence-corrected chi connectivity index (χ2v) is 11.2. The van der Waals surface area contributed by atoms with E-state index in [4.69, 9.17) is 31.8 Å². The molecule has 4 rings (SSSR count). The number of methoxy groups -OCH3 is 1. The molecule has 0 atom stereocenters. The Kier molecular flexibility index (Phi) is 9.77. The van der Waals surface area contributed by atoms with Crippen LogP contribution in [0.3, 0.4) is 0 Å². The second kappa shape index (κ2) is 13.1. The Morgan fingerprint density at radius 1 is 1.07 bits per heavy atom. The first-order chi connectivity index (χ1) is 19.2. The lowest BCUT2D eigenvalue weighted by molar-refractivity contribution is 0.311. The number of benzene rings is 3.